The molecule has 6 heteroatoms. The Balaban J connectivity index is 1.52. The second-order valence-electron chi connectivity index (χ2n) is 6.36. The highest BCUT2D eigenvalue weighted by Gasteiger charge is 2.13. The van der Waals surface area contributed by atoms with Crippen LogP contribution in [0, 0.1) is 5.82 Å². The Morgan fingerprint density at radius 3 is 2.14 bits per heavy atom. The van der Waals surface area contributed by atoms with Gasteiger partial charge in [0.05, 0.1) is 5.56 Å². The Labute approximate surface area is 168 Å². The topological polar surface area (TPSA) is 67.4 Å². The number of carbonyl (C=O) groups excluding carboxylic acids is 2. The Bertz CT molecular complexity index is 959. The molecule has 0 spiro atoms. The van der Waals surface area contributed by atoms with Crippen LogP contribution in [-0.4, -0.2) is 18.4 Å². The lowest BCUT2D eigenvalue weighted by molar-refractivity contribution is -0.123. The summed E-state index contributed by atoms with van der Waals surface area (Å²) in [6.07, 6.45) is 0. The molecule has 0 bridgehead atoms. The van der Waals surface area contributed by atoms with Crippen molar-refractivity contribution in [3.05, 3.63) is 101 Å². The fourth-order valence-electron chi connectivity index (χ4n) is 2.65. The lowest BCUT2D eigenvalue weighted by atomic mass is 10.1. The number of rotatable bonds is 8. The largest absolute Gasteiger partial charge is 0.483 e. The molecule has 0 aliphatic carbocycles. The summed E-state index contributed by atoms with van der Waals surface area (Å²) in [7, 11) is 0. The highest BCUT2D eigenvalue weighted by molar-refractivity contribution is 5.97. The fourth-order valence-corrected chi connectivity index (χ4v) is 2.65. The predicted octanol–water partition coefficient (Wildman–Crippen LogP) is 3.45. The van der Waals surface area contributed by atoms with Crippen molar-refractivity contribution < 1.29 is 18.7 Å². The van der Waals surface area contributed by atoms with Crippen molar-refractivity contribution in [1.29, 1.82) is 0 Å². The molecular formula is C23H21FN2O3. The van der Waals surface area contributed by atoms with Gasteiger partial charge in [-0.2, -0.15) is 0 Å². The molecular weight excluding hydrogens is 371 g/mol. The minimum Gasteiger partial charge on any atom is -0.483 e. The van der Waals surface area contributed by atoms with E-state index in [0.29, 0.717) is 17.9 Å². The summed E-state index contributed by atoms with van der Waals surface area (Å²) in [6.45, 7) is 0.429. The van der Waals surface area contributed by atoms with Crippen molar-refractivity contribution in [2.75, 3.05) is 6.61 Å². The molecule has 0 saturated carbocycles. The number of hydrogen-bond donors (Lipinski definition) is 2. The van der Waals surface area contributed by atoms with Crippen molar-refractivity contribution >= 4 is 11.8 Å². The third-order valence-electron chi connectivity index (χ3n) is 4.19. The zero-order chi connectivity index (χ0) is 20.5. The lowest BCUT2D eigenvalue weighted by Gasteiger charge is -2.12. The standard InChI is InChI=1S/C23H21FN2O3/c24-19-12-10-18(11-13-19)14-25-22(27)16-29-21-9-5-4-8-20(21)23(28)26-15-17-6-2-1-3-7-17/h1-13H,14-16H2,(H,25,27)(H,26,28). The van der Waals surface area contributed by atoms with Gasteiger partial charge in [-0.25, -0.2) is 4.39 Å². The lowest BCUT2D eigenvalue weighted by Crippen LogP contribution is -2.29. The van der Waals surface area contributed by atoms with E-state index in [4.69, 9.17) is 4.74 Å². The minimum absolute atomic E-state index is 0.232. The summed E-state index contributed by atoms with van der Waals surface area (Å²) < 4.78 is 18.5. The van der Waals surface area contributed by atoms with E-state index in [9.17, 15) is 14.0 Å². The Kier molecular flexibility index (Phi) is 6.95. The first-order valence-corrected chi connectivity index (χ1v) is 9.17. The average Bonchev–Trinajstić information content (AvgIpc) is 2.76. The first-order valence-electron chi connectivity index (χ1n) is 9.17. The van der Waals surface area contributed by atoms with Gasteiger partial charge in [-0.1, -0.05) is 54.6 Å². The molecule has 3 aromatic carbocycles. The summed E-state index contributed by atoms with van der Waals surface area (Å²) in [6, 6.07) is 22.2. The molecule has 3 aromatic rings. The fraction of sp³-hybridized carbons (Fsp3) is 0.130. The first-order chi connectivity index (χ1) is 14.1. The van der Waals surface area contributed by atoms with Crippen LogP contribution in [0.5, 0.6) is 5.75 Å². The van der Waals surface area contributed by atoms with Gasteiger partial charge >= 0.3 is 0 Å². The van der Waals surface area contributed by atoms with Crippen LogP contribution >= 0.6 is 0 Å². The molecule has 0 unspecified atom stereocenters. The number of halogens is 1. The van der Waals surface area contributed by atoms with Crippen molar-refractivity contribution in [3.8, 4) is 5.75 Å². The zero-order valence-corrected chi connectivity index (χ0v) is 15.7. The van der Waals surface area contributed by atoms with Gasteiger partial charge in [-0.05, 0) is 35.4 Å². The SMILES string of the molecule is O=C(COc1ccccc1C(=O)NCc1ccccc1)NCc1ccc(F)cc1. The number of para-hydroxylation sites is 1. The van der Waals surface area contributed by atoms with Gasteiger partial charge in [0.2, 0.25) is 0 Å². The molecule has 0 atom stereocenters. The van der Waals surface area contributed by atoms with Crippen LogP contribution in [0.15, 0.2) is 78.9 Å². The summed E-state index contributed by atoms with van der Waals surface area (Å²) in [4.78, 5) is 24.5. The number of carbonyl (C=O) groups is 2. The van der Waals surface area contributed by atoms with Gasteiger partial charge in [0.25, 0.3) is 11.8 Å². The van der Waals surface area contributed by atoms with Crippen LogP contribution in [0.4, 0.5) is 4.39 Å². The van der Waals surface area contributed by atoms with Crippen molar-refractivity contribution in [2.45, 2.75) is 13.1 Å². The van der Waals surface area contributed by atoms with Gasteiger partial charge in [-0.3, -0.25) is 9.59 Å². The summed E-state index contributed by atoms with van der Waals surface area (Å²) in [5.74, 6) is -0.620. The number of hydrogen-bond acceptors (Lipinski definition) is 3. The van der Waals surface area contributed by atoms with Crippen LogP contribution in [-0.2, 0) is 17.9 Å². The van der Waals surface area contributed by atoms with Gasteiger partial charge in [0.15, 0.2) is 6.61 Å². The zero-order valence-electron chi connectivity index (χ0n) is 15.7. The van der Waals surface area contributed by atoms with Gasteiger partial charge < -0.3 is 15.4 Å². The molecule has 0 fully saturated rings. The van der Waals surface area contributed by atoms with Gasteiger partial charge in [0.1, 0.15) is 11.6 Å². The first kappa shape index (κ1) is 20.1. The third kappa shape index (κ3) is 6.17. The highest BCUT2D eigenvalue weighted by atomic mass is 19.1. The molecule has 2 N–H and O–H groups in total. The molecule has 0 aliphatic heterocycles. The van der Waals surface area contributed by atoms with Gasteiger partial charge in [-0.15, -0.1) is 0 Å². The maximum atomic E-state index is 12.9. The molecule has 2 amide bonds. The second kappa shape index (κ2) is 10.0. The van der Waals surface area contributed by atoms with Crippen molar-refractivity contribution in [3.63, 3.8) is 0 Å². The number of benzene rings is 3. The van der Waals surface area contributed by atoms with E-state index >= 15 is 0 Å². The smallest absolute Gasteiger partial charge is 0.258 e. The molecule has 0 radical (unpaired) electrons. The van der Waals surface area contributed by atoms with Crippen molar-refractivity contribution in [2.24, 2.45) is 0 Å². The maximum absolute atomic E-state index is 12.9. The Morgan fingerprint density at radius 1 is 0.759 bits per heavy atom. The number of ether oxygens (including phenoxy) is 1. The monoisotopic (exact) mass is 392 g/mol. The number of amides is 2. The minimum atomic E-state index is -0.339. The summed E-state index contributed by atoms with van der Waals surface area (Å²) in [5.41, 5.74) is 2.12. The van der Waals surface area contributed by atoms with E-state index < -0.39 is 0 Å². The highest BCUT2D eigenvalue weighted by Crippen LogP contribution is 2.18. The Morgan fingerprint density at radius 2 is 1.38 bits per heavy atom. The maximum Gasteiger partial charge on any atom is 0.258 e. The van der Waals surface area contributed by atoms with E-state index in [-0.39, 0.29) is 30.8 Å². The van der Waals surface area contributed by atoms with Crippen LogP contribution in [0.25, 0.3) is 0 Å². The van der Waals surface area contributed by atoms with E-state index in [1.54, 1.807) is 36.4 Å². The molecule has 0 saturated heterocycles. The quantitative estimate of drug-likeness (QED) is 0.617. The van der Waals surface area contributed by atoms with Crippen LogP contribution in [0.3, 0.4) is 0 Å². The van der Waals surface area contributed by atoms with E-state index in [1.165, 1.54) is 12.1 Å². The molecule has 0 aromatic heterocycles. The van der Waals surface area contributed by atoms with Crippen LogP contribution < -0.4 is 15.4 Å². The molecule has 29 heavy (non-hydrogen) atoms. The molecule has 148 valence electrons. The van der Waals surface area contributed by atoms with Crippen LogP contribution in [0.1, 0.15) is 21.5 Å². The number of nitrogens with one attached hydrogen (secondary N) is 2. The van der Waals surface area contributed by atoms with Gasteiger partial charge in [0, 0.05) is 13.1 Å². The Hall–Kier alpha value is -3.67. The summed E-state index contributed by atoms with van der Waals surface area (Å²) >= 11 is 0. The van der Waals surface area contributed by atoms with Crippen molar-refractivity contribution in [1.82, 2.24) is 10.6 Å². The van der Waals surface area contributed by atoms with E-state index in [0.717, 1.165) is 11.1 Å². The second-order valence-corrected chi connectivity index (χ2v) is 6.36. The molecule has 5 nitrogen and oxygen atoms in total. The van der Waals surface area contributed by atoms with E-state index in [2.05, 4.69) is 10.6 Å². The normalized spacial score (nSPS) is 10.2. The summed E-state index contributed by atoms with van der Waals surface area (Å²) in [5, 5.41) is 5.54. The molecule has 0 aliphatic rings. The average molecular weight is 392 g/mol. The molecule has 0 heterocycles. The molecule has 3 rings (SSSR count). The predicted molar refractivity (Wildman–Crippen MR) is 108 cm³/mol. The van der Waals surface area contributed by atoms with Crippen LogP contribution in [0.2, 0.25) is 0 Å². The third-order valence-corrected chi connectivity index (χ3v) is 4.19. The van der Waals surface area contributed by atoms with E-state index in [1.807, 2.05) is 30.3 Å².